The predicted octanol–water partition coefficient (Wildman–Crippen LogP) is 2.63. The van der Waals surface area contributed by atoms with Crippen molar-refractivity contribution < 1.29 is 4.79 Å². The summed E-state index contributed by atoms with van der Waals surface area (Å²) in [6.45, 7) is 0.524. The second-order valence-corrected chi connectivity index (χ2v) is 4.80. The molecule has 2 rings (SSSR count). The van der Waals surface area contributed by atoms with Gasteiger partial charge in [-0.05, 0) is 18.1 Å². The zero-order chi connectivity index (χ0) is 12.3. The highest BCUT2D eigenvalue weighted by Crippen LogP contribution is 2.17. The average Bonchev–Trinajstić information content (AvgIpc) is 2.72. The van der Waals surface area contributed by atoms with Gasteiger partial charge in [0.25, 0.3) is 5.91 Å². The Hall–Kier alpha value is -1.19. The number of para-hydroxylation sites is 1. The smallest absolute Gasteiger partial charge is 0.253 e. The maximum atomic E-state index is 11.2. The summed E-state index contributed by atoms with van der Waals surface area (Å²) in [5, 5.41) is 3.84. The third kappa shape index (κ3) is 2.93. The number of nitrogens with one attached hydrogen (secondary N) is 2. The number of aromatic amines is 1. The van der Waals surface area contributed by atoms with Gasteiger partial charge in [-0.15, -0.1) is 0 Å². The van der Waals surface area contributed by atoms with Crippen LogP contribution in [0.1, 0.15) is 5.56 Å². The molecule has 2 N–H and O–H groups in total. The summed E-state index contributed by atoms with van der Waals surface area (Å²) >= 11 is 10.9. The number of fused-ring (bicyclic) bond motifs is 1. The standard InChI is InChI=1S/C12H12Cl2N2O/c13-11(14)12(17)15-6-5-8-7-16-10-4-2-1-3-9(8)10/h1-4,7,11,16H,5-6H2,(H,15,17). The van der Waals surface area contributed by atoms with Gasteiger partial charge >= 0.3 is 0 Å². The molecule has 1 amide bonds. The predicted molar refractivity (Wildman–Crippen MR) is 70.5 cm³/mol. The van der Waals surface area contributed by atoms with Crippen LogP contribution < -0.4 is 5.32 Å². The van der Waals surface area contributed by atoms with E-state index < -0.39 is 4.84 Å². The number of halogens is 2. The first-order chi connectivity index (χ1) is 8.18. The molecule has 0 unspecified atom stereocenters. The van der Waals surface area contributed by atoms with E-state index in [4.69, 9.17) is 23.2 Å². The largest absolute Gasteiger partial charge is 0.361 e. The van der Waals surface area contributed by atoms with E-state index >= 15 is 0 Å². The lowest BCUT2D eigenvalue weighted by Crippen LogP contribution is -2.30. The SMILES string of the molecule is O=C(NCCc1c[nH]c2ccccc12)C(Cl)Cl. The van der Waals surface area contributed by atoms with Crippen LogP contribution in [0.2, 0.25) is 0 Å². The van der Waals surface area contributed by atoms with Crippen LogP contribution in [0.4, 0.5) is 0 Å². The highest BCUT2D eigenvalue weighted by atomic mass is 35.5. The highest BCUT2D eigenvalue weighted by molar-refractivity contribution is 6.53. The van der Waals surface area contributed by atoms with Crippen molar-refractivity contribution in [2.75, 3.05) is 6.54 Å². The van der Waals surface area contributed by atoms with Crippen molar-refractivity contribution in [1.29, 1.82) is 0 Å². The first-order valence-electron chi connectivity index (χ1n) is 5.29. The molecule has 0 saturated heterocycles. The molecule has 0 saturated carbocycles. The number of amides is 1. The molecular formula is C12H12Cl2N2O. The molecule has 0 atom stereocenters. The lowest BCUT2D eigenvalue weighted by molar-refractivity contribution is -0.119. The van der Waals surface area contributed by atoms with E-state index in [1.165, 1.54) is 10.9 Å². The van der Waals surface area contributed by atoms with Crippen LogP contribution in [0.15, 0.2) is 30.5 Å². The Morgan fingerprint density at radius 3 is 2.88 bits per heavy atom. The number of carbonyl (C=O) groups is 1. The van der Waals surface area contributed by atoms with E-state index in [9.17, 15) is 4.79 Å². The van der Waals surface area contributed by atoms with Crippen molar-refractivity contribution in [3.8, 4) is 0 Å². The van der Waals surface area contributed by atoms with Gasteiger partial charge in [-0.25, -0.2) is 0 Å². The molecular weight excluding hydrogens is 259 g/mol. The number of carbonyl (C=O) groups excluding carboxylic acids is 1. The maximum Gasteiger partial charge on any atom is 0.253 e. The van der Waals surface area contributed by atoms with Crippen molar-refractivity contribution in [2.45, 2.75) is 11.3 Å². The lowest BCUT2D eigenvalue weighted by atomic mass is 10.1. The molecule has 0 spiro atoms. The van der Waals surface area contributed by atoms with E-state index in [0.717, 1.165) is 11.9 Å². The summed E-state index contributed by atoms with van der Waals surface area (Å²) in [6, 6.07) is 8.04. The summed E-state index contributed by atoms with van der Waals surface area (Å²) in [5.74, 6) is -0.354. The topological polar surface area (TPSA) is 44.9 Å². The first-order valence-corrected chi connectivity index (χ1v) is 6.16. The van der Waals surface area contributed by atoms with Gasteiger partial charge in [-0.2, -0.15) is 0 Å². The Labute approximate surface area is 109 Å². The molecule has 1 aromatic carbocycles. The second kappa shape index (κ2) is 5.43. The van der Waals surface area contributed by atoms with Gasteiger partial charge < -0.3 is 10.3 Å². The number of benzene rings is 1. The van der Waals surface area contributed by atoms with Gasteiger partial charge in [-0.1, -0.05) is 41.4 Å². The van der Waals surface area contributed by atoms with E-state index in [1.54, 1.807) is 0 Å². The Kier molecular flexibility index (Phi) is 3.92. The van der Waals surface area contributed by atoms with Crippen LogP contribution in [-0.4, -0.2) is 22.3 Å². The van der Waals surface area contributed by atoms with E-state index in [0.29, 0.717) is 6.54 Å². The summed E-state index contributed by atoms with van der Waals surface area (Å²) in [4.78, 5) is 13.3. The van der Waals surface area contributed by atoms with Crippen LogP contribution >= 0.6 is 23.2 Å². The minimum Gasteiger partial charge on any atom is -0.361 e. The minimum absolute atomic E-state index is 0.354. The zero-order valence-electron chi connectivity index (χ0n) is 9.04. The summed E-state index contributed by atoms with van der Waals surface area (Å²) in [7, 11) is 0. The van der Waals surface area contributed by atoms with Crippen LogP contribution in [-0.2, 0) is 11.2 Å². The zero-order valence-corrected chi connectivity index (χ0v) is 10.6. The maximum absolute atomic E-state index is 11.2. The molecule has 0 aliphatic carbocycles. The van der Waals surface area contributed by atoms with Crippen molar-refractivity contribution in [3.05, 3.63) is 36.0 Å². The normalized spacial score (nSPS) is 11.0. The molecule has 2 aromatic rings. The van der Waals surface area contributed by atoms with E-state index in [2.05, 4.69) is 16.4 Å². The van der Waals surface area contributed by atoms with Gasteiger partial charge in [0.05, 0.1) is 0 Å². The van der Waals surface area contributed by atoms with Crippen LogP contribution in [0.25, 0.3) is 10.9 Å². The van der Waals surface area contributed by atoms with E-state index in [-0.39, 0.29) is 5.91 Å². The number of rotatable bonds is 4. The second-order valence-electron chi connectivity index (χ2n) is 3.70. The van der Waals surface area contributed by atoms with Crippen molar-refractivity contribution in [1.82, 2.24) is 10.3 Å². The molecule has 1 heterocycles. The monoisotopic (exact) mass is 270 g/mol. The number of aromatic nitrogens is 1. The Bertz CT molecular complexity index is 522. The molecule has 0 bridgehead atoms. The number of hydrogen-bond donors (Lipinski definition) is 2. The van der Waals surface area contributed by atoms with Crippen molar-refractivity contribution in [3.63, 3.8) is 0 Å². The van der Waals surface area contributed by atoms with Crippen molar-refractivity contribution in [2.24, 2.45) is 0 Å². The van der Waals surface area contributed by atoms with Crippen molar-refractivity contribution >= 4 is 40.0 Å². The van der Waals surface area contributed by atoms with Crippen LogP contribution in [0.5, 0.6) is 0 Å². The molecule has 0 aliphatic heterocycles. The quantitative estimate of drug-likeness (QED) is 0.825. The molecule has 17 heavy (non-hydrogen) atoms. The first kappa shape index (κ1) is 12.3. The van der Waals surface area contributed by atoms with E-state index in [1.807, 2.05) is 24.4 Å². The molecule has 3 nitrogen and oxygen atoms in total. The molecule has 0 aliphatic rings. The number of H-pyrrole nitrogens is 1. The van der Waals surface area contributed by atoms with Gasteiger partial charge in [0.1, 0.15) is 0 Å². The molecule has 0 radical (unpaired) electrons. The lowest BCUT2D eigenvalue weighted by Gasteiger charge is -2.04. The summed E-state index contributed by atoms with van der Waals surface area (Å²) < 4.78 is 0. The Morgan fingerprint density at radius 1 is 1.35 bits per heavy atom. The van der Waals surface area contributed by atoms with Gasteiger partial charge in [0.15, 0.2) is 4.84 Å². The third-order valence-corrected chi connectivity index (χ3v) is 2.96. The Balaban J connectivity index is 1.98. The number of alkyl halides is 2. The molecule has 90 valence electrons. The third-order valence-electron chi connectivity index (χ3n) is 2.57. The van der Waals surface area contributed by atoms with Gasteiger partial charge in [0, 0.05) is 23.6 Å². The summed E-state index contributed by atoms with van der Waals surface area (Å²) in [5.41, 5.74) is 2.27. The average molecular weight is 271 g/mol. The molecule has 5 heteroatoms. The molecule has 1 aromatic heterocycles. The van der Waals surface area contributed by atoms with Crippen LogP contribution in [0.3, 0.4) is 0 Å². The fourth-order valence-corrected chi connectivity index (χ4v) is 1.89. The molecule has 0 fully saturated rings. The van der Waals surface area contributed by atoms with Gasteiger partial charge in [-0.3, -0.25) is 4.79 Å². The fourth-order valence-electron chi connectivity index (χ4n) is 1.74. The number of hydrogen-bond acceptors (Lipinski definition) is 1. The fraction of sp³-hybridized carbons (Fsp3) is 0.250. The minimum atomic E-state index is -1.00. The van der Waals surface area contributed by atoms with Crippen LogP contribution in [0, 0.1) is 0 Å². The highest BCUT2D eigenvalue weighted by Gasteiger charge is 2.10. The summed E-state index contributed by atoms with van der Waals surface area (Å²) in [6.07, 6.45) is 2.70. The van der Waals surface area contributed by atoms with Gasteiger partial charge in [0.2, 0.25) is 0 Å². The Morgan fingerprint density at radius 2 is 2.12 bits per heavy atom.